The Labute approximate surface area is 291 Å². The largest absolute Gasteiger partial charge is 0.415 e. The molecule has 12 nitrogen and oxygen atoms in total. The number of nitro groups is 2. The number of aliphatic hydroxyl groups is 1. The van der Waals surface area contributed by atoms with E-state index in [0.717, 1.165) is 60.8 Å². The molecule has 2 atom stereocenters. The molecule has 2 aromatic carbocycles. The van der Waals surface area contributed by atoms with E-state index in [0.29, 0.717) is 19.7 Å². The Bertz CT molecular complexity index is 1550. The molecule has 2 fully saturated rings. The highest BCUT2D eigenvalue weighted by Gasteiger charge is 2.39. The molecule has 2 aliphatic rings. The third kappa shape index (κ3) is 9.52. The summed E-state index contributed by atoms with van der Waals surface area (Å²) < 4.78 is 6.38. The first-order valence-corrected chi connectivity index (χ1v) is 20.1. The molecular formula is C36H54N4O8Si. The minimum absolute atomic E-state index is 0.0309. The van der Waals surface area contributed by atoms with Gasteiger partial charge in [0, 0.05) is 25.2 Å². The van der Waals surface area contributed by atoms with Gasteiger partial charge in [-0.15, -0.1) is 0 Å². The molecule has 0 aliphatic carbocycles. The van der Waals surface area contributed by atoms with Gasteiger partial charge in [-0.25, -0.2) is 0 Å². The highest BCUT2D eigenvalue weighted by Crippen LogP contribution is 2.37. The van der Waals surface area contributed by atoms with Crippen molar-refractivity contribution in [3.05, 3.63) is 77.9 Å². The molecule has 0 radical (unpaired) electrons. The number of piperidine rings is 2. The number of nitro benzene ring substituents is 2. The summed E-state index contributed by atoms with van der Waals surface area (Å²) in [6.07, 6.45) is 5.40. The van der Waals surface area contributed by atoms with E-state index in [9.17, 15) is 34.9 Å². The van der Waals surface area contributed by atoms with Gasteiger partial charge in [-0.1, -0.05) is 20.8 Å². The van der Waals surface area contributed by atoms with Crippen LogP contribution >= 0.6 is 0 Å². The fourth-order valence-electron chi connectivity index (χ4n) is 5.98. The van der Waals surface area contributed by atoms with Crippen LogP contribution in [0.2, 0.25) is 18.1 Å². The lowest BCUT2D eigenvalue weighted by molar-refractivity contribution is -0.385. The number of amides is 2. The Morgan fingerprint density at radius 1 is 0.776 bits per heavy atom. The van der Waals surface area contributed by atoms with Gasteiger partial charge in [0.05, 0.1) is 35.1 Å². The molecule has 49 heavy (non-hydrogen) atoms. The first-order valence-electron chi connectivity index (χ1n) is 17.2. The second-order valence-electron chi connectivity index (χ2n) is 15.0. The standard InChI is InChI=1S/C21H34N2O4Si.C15H20N2O4/c1-15-12-18(19(23(25)26)13-16(15)2)20(24)22-11-9-8-10-17(22)14-27-28(6,7)21(3,4)5;1-10-7-13(14(17(20)21)8-11(10)2)15(19)16-6-4-3-5-12(16)9-18/h12-13,17H,8-11,14H2,1-7H3;7-8,12,18H,3-6,9H2,1-2H3/t17-;12-/m00/s1. The molecule has 2 saturated heterocycles. The lowest BCUT2D eigenvalue weighted by Gasteiger charge is -2.41. The number of carbonyl (C=O) groups is 2. The Kier molecular flexibility index (Phi) is 13.3. The van der Waals surface area contributed by atoms with E-state index in [4.69, 9.17) is 4.43 Å². The first-order chi connectivity index (χ1) is 22.8. The molecule has 0 spiro atoms. The van der Waals surface area contributed by atoms with Crippen LogP contribution in [0, 0.1) is 47.9 Å². The maximum absolute atomic E-state index is 13.3. The minimum atomic E-state index is -1.92. The summed E-state index contributed by atoms with van der Waals surface area (Å²) in [5.41, 5.74) is 3.38. The highest BCUT2D eigenvalue weighted by molar-refractivity contribution is 6.74. The van der Waals surface area contributed by atoms with Gasteiger partial charge in [0.25, 0.3) is 23.2 Å². The van der Waals surface area contributed by atoms with Crippen LogP contribution in [0.1, 0.15) is 102 Å². The molecule has 2 amide bonds. The zero-order valence-corrected chi connectivity index (χ0v) is 31.6. The van der Waals surface area contributed by atoms with E-state index in [1.54, 1.807) is 28.9 Å². The zero-order valence-electron chi connectivity index (χ0n) is 30.6. The lowest BCUT2D eigenvalue weighted by Crippen LogP contribution is -2.50. The summed E-state index contributed by atoms with van der Waals surface area (Å²) in [4.78, 5) is 51.1. The van der Waals surface area contributed by atoms with Crippen molar-refractivity contribution in [1.82, 2.24) is 9.80 Å². The molecule has 2 aliphatic heterocycles. The van der Waals surface area contributed by atoms with E-state index >= 15 is 0 Å². The van der Waals surface area contributed by atoms with Crippen LogP contribution in [-0.2, 0) is 4.43 Å². The molecule has 4 rings (SSSR count). The Morgan fingerprint density at radius 3 is 1.55 bits per heavy atom. The average molecular weight is 699 g/mol. The topological polar surface area (TPSA) is 156 Å². The van der Waals surface area contributed by atoms with Crippen LogP contribution in [-0.4, -0.2) is 83.3 Å². The Morgan fingerprint density at radius 2 is 1.16 bits per heavy atom. The maximum atomic E-state index is 13.3. The van der Waals surface area contributed by atoms with Crippen molar-refractivity contribution in [1.29, 1.82) is 0 Å². The van der Waals surface area contributed by atoms with E-state index < -0.39 is 18.2 Å². The molecular weight excluding hydrogens is 645 g/mol. The highest BCUT2D eigenvalue weighted by atomic mass is 28.4. The van der Waals surface area contributed by atoms with Crippen molar-refractivity contribution < 1.29 is 29.0 Å². The summed E-state index contributed by atoms with van der Waals surface area (Å²) in [6, 6.07) is 5.92. The van der Waals surface area contributed by atoms with Crippen LogP contribution in [0.4, 0.5) is 11.4 Å². The van der Waals surface area contributed by atoms with Crippen LogP contribution in [0.5, 0.6) is 0 Å². The number of aliphatic hydroxyl groups excluding tert-OH is 1. The summed E-state index contributed by atoms with van der Waals surface area (Å²) in [5, 5.41) is 32.3. The third-order valence-electron chi connectivity index (χ3n) is 10.5. The van der Waals surface area contributed by atoms with Gasteiger partial charge in [-0.2, -0.15) is 0 Å². The fraction of sp³-hybridized carbons (Fsp3) is 0.611. The Hall–Kier alpha value is -3.68. The molecule has 13 heteroatoms. The fourth-order valence-corrected chi connectivity index (χ4v) is 7.02. The van der Waals surface area contributed by atoms with Crippen LogP contribution in [0.15, 0.2) is 24.3 Å². The molecule has 0 unspecified atom stereocenters. The Balaban J connectivity index is 0.000000276. The number of hydrogen-bond acceptors (Lipinski definition) is 8. The van der Waals surface area contributed by atoms with Gasteiger partial charge < -0.3 is 19.3 Å². The summed E-state index contributed by atoms with van der Waals surface area (Å²) in [5.74, 6) is -0.609. The predicted octanol–water partition coefficient (Wildman–Crippen LogP) is 7.43. The minimum Gasteiger partial charge on any atom is -0.415 e. The molecule has 2 heterocycles. The average Bonchev–Trinajstić information content (AvgIpc) is 3.05. The summed E-state index contributed by atoms with van der Waals surface area (Å²) in [7, 11) is -1.92. The van der Waals surface area contributed by atoms with Crippen molar-refractivity contribution in [2.24, 2.45) is 0 Å². The number of carbonyl (C=O) groups excluding carboxylic acids is 2. The number of hydrogen-bond donors (Lipinski definition) is 1. The lowest BCUT2D eigenvalue weighted by atomic mass is 9.99. The summed E-state index contributed by atoms with van der Waals surface area (Å²) >= 11 is 0. The van der Waals surface area contributed by atoms with Crippen molar-refractivity contribution >= 4 is 31.5 Å². The van der Waals surface area contributed by atoms with Gasteiger partial charge >= 0.3 is 0 Å². The molecule has 1 N–H and O–H groups in total. The monoisotopic (exact) mass is 698 g/mol. The number of nitrogens with zero attached hydrogens (tertiary/aromatic N) is 4. The zero-order chi connectivity index (χ0) is 36.8. The number of benzene rings is 2. The van der Waals surface area contributed by atoms with E-state index in [1.807, 2.05) is 20.8 Å². The van der Waals surface area contributed by atoms with Crippen molar-refractivity contribution in [3.63, 3.8) is 0 Å². The SMILES string of the molecule is Cc1cc(C(=O)N2CCCC[C@H]2CO)c([N+](=O)[O-])cc1C.Cc1cc(C(=O)N2CCCC[C@H]2CO[Si](C)(C)C(C)(C)C)c([N+](=O)[O-])cc1C. The molecule has 0 bridgehead atoms. The third-order valence-corrected chi connectivity index (χ3v) is 15.0. The maximum Gasteiger partial charge on any atom is 0.282 e. The van der Waals surface area contributed by atoms with Crippen molar-refractivity contribution in [2.75, 3.05) is 26.3 Å². The van der Waals surface area contributed by atoms with Gasteiger partial charge in [-0.3, -0.25) is 29.8 Å². The molecule has 2 aromatic rings. The predicted molar refractivity (Wildman–Crippen MR) is 193 cm³/mol. The van der Waals surface area contributed by atoms with E-state index in [1.165, 1.54) is 12.1 Å². The number of rotatable bonds is 8. The molecule has 0 aromatic heterocycles. The van der Waals surface area contributed by atoms with Crippen molar-refractivity contribution in [2.45, 2.75) is 117 Å². The number of likely N-dealkylation sites (tertiary alicyclic amines) is 2. The first kappa shape index (κ1) is 39.8. The van der Waals surface area contributed by atoms with Gasteiger partial charge in [0.15, 0.2) is 8.32 Å². The summed E-state index contributed by atoms with van der Waals surface area (Å²) in [6.45, 7) is 19.9. The molecule has 0 saturated carbocycles. The van der Waals surface area contributed by atoms with Crippen LogP contribution in [0.25, 0.3) is 0 Å². The van der Waals surface area contributed by atoms with Gasteiger partial charge in [0.1, 0.15) is 11.1 Å². The quantitative estimate of drug-likeness (QED) is 0.170. The molecule has 270 valence electrons. The second-order valence-corrected chi connectivity index (χ2v) is 19.8. The van der Waals surface area contributed by atoms with E-state index in [-0.39, 0.29) is 58.0 Å². The van der Waals surface area contributed by atoms with Crippen LogP contribution < -0.4 is 0 Å². The number of aryl methyl sites for hydroxylation is 4. The van der Waals surface area contributed by atoms with Crippen LogP contribution in [0.3, 0.4) is 0 Å². The normalized spacial score (nSPS) is 18.4. The van der Waals surface area contributed by atoms with Crippen molar-refractivity contribution in [3.8, 4) is 0 Å². The second kappa shape index (κ2) is 16.3. The van der Waals surface area contributed by atoms with E-state index in [2.05, 4.69) is 33.9 Å². The van der Waals surface area contributed by atoms with Gasteiger partial charge in [0.2, 0.25) is 0 Å². The van der Waals surface area contributed by atoms with Gasteiger partial charge in [-0.05, 0) is 119 Å². The smallest absolute Gasteiger partial charge is 0.282 e.